The predicted octanol–water partition coefficient (Wildman–Crippen LogP) is 3.57. The second-order valence-electron chi connectivity index (χ2n) is 5.56. The van der Waals surface area contributed by atoms with Crippen molar-refractivity contribution in [1.82, 2.24) is 10.3 Å². The molecule has 124 valence electrons. The summed E-state index contributed by atoms with van der Waals surface area (Å²) in [4.78, 5) is 15.3. The van der Waals surface area contributed by atoms with Crippen molar-refractivity contribution in [2.45, 2.75) is 6.42 Å². The van der Waals surface area contributed by atoms with Crippen LogP contribution in [0.2, 0.25) is 0 Å². The van der Waals surface area contributed by atoms with Gasteiger partial charge in [0.15, 0.2) is 0 Å². The molecule has 1 aromatic heterocycles. The van der Waals surface area contributed by atoms with Crippen LogP contribution in [0.5, 0.6) is 0 Å². The zero-order valence-electron chi connectivity index (χ0n) is 13.4. The van der Waals surface area contributed by atoms with Crippen LogP contribution in [-0.2, 0) is 11.2 Å². The van der Waals surface area contributed by atoms with E-state index in [9.17, 15) is 9.18 Å². The van der Waals surface area contributed by atoms with Gasteiger partial charge in [0.05, 0.1) is 0 Å². The van der Waals surface area contributed by atoms with Crippen LogP contribution in [-0.4, -0.2) is 17.4 Å². The van der Waals surface area contributed by atoms with Crippen molar-refractivity contribution >= 4 is 22.9 Å². The number of aromatic amines is 1. The molecule has 2 aromatic carbocycles. The quantitative estimate of drug-likeness (QED) is 0.553. The number of nitriles is 1. The Labute approximate surface area is 144 Å². The molecule has 25 heavy (non-hydrogen) atoms. The molecule has 0 saturated heterocycles. The number of H-pyrrole nitrogens is 1. The molecule has 1 heterocycles. The third kappa shape index (κ3) is 3.75. The molecular weight excluding hydrogens is 317 g/mol. The second-order valence-corrected chi connectivity index (χ2v) is 5.56. The molecule has 0 radical (unpaired) electrons. The van der Waals surface area contributed by atoms with Gasteiger partial charge in [-0.15, -0.1) is 0 Å². The van der Waals surface area contributed by atoms with Gasteiger partial charge in [0.1, 0.15) is 17.5 Å². The smallest absolute Gasteiger partial charge is 0.261 e. The molecule has 3 aromatic rings. The summed E-state index contributed by atoms with van der Waals surface area (Å²) < 4.78 is 13.6. The molecule has 0 unspecified atom stereocenters. The topological polar surface area (TPSA) is 68.7 Å². The molecule has 0 fully saturated rings. The van der Waals surface area contributed by atoms with E-state index in [1.54, 1.807) is 12.1 Å². The zero-order valence-corrected chi connectivity index (χ0v) is 13.4. The van der Waals surface area contributed by atoms with Crippen molar-refractivity contribution in [2.75, 3.05) is 6.54 Å². The highest BCUT2D eigenvalue weighted by atomic mass is 19.1. The van der Waals surface area contributed by atoms with Gasteiger partial charge in [0.25, 0.3) is 5.91 Å². The molecule has 0 aliphatic carbocycles. The Morgan fingerprint density at radius 2 is 1.96 bits per heavy atom. The maximum Gasteiger partial charge on any atom is 0.261 e. The van der Waals surface area contributed by atoms with E-state index < -0.39 is 11.7 Å². The standard InChI is InChI=1S/C20H16FN3O/c21-18-7-3-1-5-14(18)11-16(12-22)20(25)23-10-9-15-13-24-19-8-4-2-6-17(15)19/h1-8,11,13,24H,9-10H2,(H,23,25). The summed E-state index contributed by atoms with van der Waals surface area (Å²) in [6.07, 6.45) is 3.81. The lowest BCUT2D eigenvalue weighted by molar-refractivity contribution is -0.117. The third-order valence-corrected chi connectivity index (χ3v) is 3.92. The number of carbonyl (C=O) groups is 1. The summed E-state index contributed by atoms with van der Waals surface area (Å²) in [5, 5.41) is 13.0. The maximum absolute atomic E-state index is 13.6. The van der Waals surface area contributed by atoms with E-state index in [0.717, 1.165) is 16.5 Å². The molecule has 0 aliphatic heterocycles. The molecule has 5 heteroatoms. The number of benzene rings is 2. The number of hydrogen-bond acceptors (Lipinski definition) is 2. The Morgan fingerprint density at radius 1 is 1.20 bits per heavy atom. The summed E-state index contributed by atoms with van der Waals surface area (Å²) in [7, 11) is 0. The Balaban J connectivity index is 1.65. The normalized spacial score (nSPS) is 11.3. The van der Waals surface area contributed by atoms with E-state index in [-0.39, 0.29) is 11.1 Å². The van der Waals surface area contributed by atoms with Crippen LogP contribution in [0.25, 0.3) is 17.0 Å². The highest BCUT2D eigenvalue weighted by Gasteiger charge is 2.10. The number of halogens is 1. The van der Waals surface area contributed by atoms with Gasteiger partial charge in [-0.3, -0.25) is 4.79 Å². The Morgan fingerprint density at radius 3 is 2.76 bits per heavy atom. The van der Waals surface area contributed by atoms with Crippen LogP contribution in [0.4, 0.5) is 4.39 Å². The van der Waals surface area contributed by atoms with Crippen molar-refractivity contribution in [2.24, 2.45) is 0 Å². The van der Waals surface area contributed by atoms with Crippen molar-refractivity contribution in [1.29, 1.82) is 5.26 Å². The van der Waals surface area contributed by atoms with Crippen LogP contribution in [0.1, 0.15) is 11.1 Å². The number of aromatic nitrogens is 1. The number of carbonyl (C=O) groups excluding carboxylic acids is 1. The Bertz CT molecular complexity index is 982. The van der Waals surface area contributed by atoms with Crippen LogP contribution >= 0.6 is 0 Å². The average molecular weight is 333 g/mol. The van der Waals surface area contributed by atoms with Gasteiger partial charge < -0.3 is 10.3 Å². The molecule has 0 saturated carbocycles. The maximum atomic E-state index is 13.6. The second kappa shape index (κ2) is 7.45. The molecule has 4 nitrogen and oxygen atoms in total. The number of nitrogens with zero attached hydrogens (tertiary/aromatic N) is 1. The monoisotopic (exact) mass is 333 g/mol. The summed E-state index contributed by atoms with van der Waals surface area (Å²) in [5.41, 5.74) is 2.23. The lowest BCUT2D eigenvalue weighted by Gasteiger charge is -2.04. The summed E-state index contributed by atoms with van der Waals surface area (Å²) >= 11 is 0. The van der Waals surface area contributed by atoms with Gasteiger partial charge in [0, 0.05) is 29.2 Å². The zero-order chi connectivity index (χ0) is 17.6. The minimum Gasteiger partial charge on any atom is -0.361 e. The fraction of sp³-hybridized carbons (Fsp3) is 0.100. The number of nitrogens with one attached hydrogen (secondary N) is 2. The van der Waals surface area contributed by atoms with E-state index in [1.165, 1.54) is 18.2 Å². The van der Waals surface area contributed by atoms with Crippen LogP contribution in [0.15, 0.2) is 60.3 Å². The first-order valence-corrected chi connectivity index (χ1v) is 7.88. The fourth-order valence-electron chi connectivity index (χ4n) is 2.64. The van der Waals surface area contributed by atoms with Crippen LogP contribution < -0.4 is 5.32 Å². The van der Waals surface area contributed by atoms with E-state index in [1.807, 2.05) is 36.5 Å². The van der Waals surface area contributed by atoms with Gasteiger partial charge in [-0.25, -0.2) is 4.39 Å². The van der Waals surface area contributed by atoms with Gasteiger partial charge >= 0.3 is 0 Å². The lowest BCUT2D eigenvalue weighted by Crippen LogP contribution is -2.26. The van der Waals surface area contributed by atoms with Crippen LogP contribution in [0.3, 0.4) is 0 Å². The number of amides is 1. The minimum absolute atomic E-state index is 0.121. The number of para-hydroxylation sites is 1. The molecular formula is C20H16FN3O. The highest BCUT2D eigenvalue weighted by Crippen LogP contribution is 2.17. The van der Waals surface area contributed by atoms with E-state index in [4.69, 9.17) is 5.26 Å². The predicted molar refractivity (Wildman–Crippen MR) is 95.0 cm³/mol. The first-order chi connectivity index (χ1) is 12.2. The van der Waals surface area contributed by atoms with E-state index in [2.05, 4.69) is 10.3 Å². The molecule has 1 amide bonds. The molecule has 0 spiro atoms. The van der Waals surface area contributed by atoms with Crippen molar-refractivity contribution in [3.63, 3.8) is 0 Å². The van der Waals surface area contributed by atoms with Crippen molar-refractivity contribution in [3.8, 4) is 6.07 Å². The Kier molecular flexibility index (Phi) is 4.91. The van der Waals surface area contributed by atoms with E-state index in [0.29, 0.717) is 13.0 Å². The number of hydrogen-bond donors (Lipinski definition) is 2. The Hall–Kier alpha value is -3.39. The molecule has 0 bridgehead atoms. The SMILES string of the molecule is N#CC(=Cc1ccccc1F)C(=O)NCCc1c[nH]c2ccccc12. The third-order valence-electron chi connectivity index (χ3n) is 3.92. The van der Waals surface area contributed by atoms with Crippen LogP contribution in [0, 0.1) is 17.1 Å². The van der Waals surface area contributed by atoms with E-state index >= 15 is 0 Å². The summed E-state index contributed by atoms with van der Waals surface area (Å²) in [5.74, 6) is -0.979. The largest absolute Gasteiger partial charge is 0.361 e. The van der Waals surface area contributed by atoms with Crippen molar-refractivity contribution < 1.29 is 9.18 Å². The molecule has 0 aliphatic rings. The minimum atomic E-state index is -0.509. The number of rotatable bonds is 5. The fourth-order valence-corrected chi connectivity index (χ4v) is 2.64. The average Bonchev–Trinajstić information content (AvgIpc) is 3.04. The molecule has 0 atom stereocenters. The first-order valence-electron chi connectivity index (χ1n) is 7.88. The summed E-state index contributed by atoms with van der Waals surface area (Å²) in [6, 6.07) is 15.8. The summed E-state index contributed by atoms with van der Waals surface area (Å²) in [6.45, 7) is 0.386. The van der Waals surface area contributed by atoms with Gasteiger partial charge in [-0.05, 0) is 30.2 Å². The number of fused-ring (bicyclic) bond motifs is 1. The highest BCUT2D eigenvalue weighted by molar-refractivity contribution is 6.01. The molecule has 3 rings (SSSR count). The van der Waals surface area contributed by atoms with Crippen molar-refractivity contribution in [3.05, 3.63) is 77.2 Å². The van der Waals surface area contributed by atoms with Gasteiger partial charge in [-0.1, -0.05) is 36.4 Å². The lowest BCUT2D eigenvalue weighted by atomic mass is 10.1. The van der Waals surface area contributed by atoms with Gasteiger partial charge in [-0.2, -0.15) is 5.26 Å². The molecule has 2 N–H and O–H groups in total. The first kappa shape index (κ1) is 16.5. The van der Waals surface area contributed by atoms with Gasteiger partial charge in [0.2, 0.25) is 0 Å².